The quantitative estimate of drug-likeness (QED) is 0.660. The van der Waals surface area contributed by atoms with Gasteiger partial charge in [-0.3, -0.25) is 9.59 Å². The van der Waals surface area contributed by atoms with Crippen molar-refractivity contribution in [3.63, 3.8) is 0 Å². The van der Waals surface area contributed by atoms with Crippen LogP contribution in [0.25, 0.3) is 0 Å². The highest BCUT2D eigenvalue weighted by Gasteiger charge is 2.00. The summed E-state index contributed by atoms with van der Waals surface area (Å²) in [5.41, 5.74) is 1.64. The Morgan fingerprint density at radius 3 is 2.00 bits per heavy atom. The SMILES string of the molecule is CC(=O)Cc1ccc(C(C)=O)cc1. The lowest BCUT2D eigenvalue weighted by Gasteiger charge is -1.98. The number of rotatable bonds is 3. The van der Waals surface area contributed by atoms with E-state index >= 15 is 0 Å². The van der Waals surface area contributed by atoms with Crippen LogP contribution in [0.5, 0.6) is 0 Å². The van der Waals surface area contributed by atoms with Crippen molar-refractivity contribution < 1.29 is 9.59 Å². The molecule has 68 valence electrons. The predicted octanol–water partition coefficient (Wildman–Crippen LogP) is 2.02. The van der Waals surface area contributed by atoms with Gasteiger partial charge in [0.1, 0.15) is 5.78 Å². The van der Waals surface area contributed by atoms with E-state index in [9.17, 15) is 9.59 Å². The fourth-order valence-electron chi connectivity index (χ4n) is 1.14. The van der Waals surface area contributed by atoms with Crippen LogP contribution in [0.1, 0.15) is 29.8 Å². The van der Waals surface area contributed by atoms with Gasteiger partial charge in [0.15, 0.2) is 5.78 Å². The first-order valence-electron chi connectivity index (χ1n) is 4.19. The summed E-state index contributed by atoms with van der Waals surface area (Å²) < 4.78 is 0. The molecule has 0 spiro atoms. The van der Waals surface area contributed by atoms with Gasteiger partial charge in [-0.25, -0.2) is 0 Å². The molecule has 0 aliphatic rings. The highest BCUT2D eigenvalue weighted by molar-refractivity contribution is 5.94. The third-order valence-corrected chi connectivity index (χ3v) is 1.81. The Kier molecular flexibility index (Phi) is 2.96. The molecule has 1 aromatic carbocycles. The van der Waals surface area contributed by atoms with Crippen molar-refractivity contribution >= 4 is 11.6 Å². The maximum Gasteiger partial charge on any atom is 0.159 e. The van der Waals surface area contributed by atoms with Crippen LogP contribution in [0.3, 0.4) is 0 Å². The smallest absolute Gasteiger partial charge is 0.159 e. The van der Waals surface area contributed by atoms with Crippen molar-refractivity contribution in [3.05, 3.63) is 35.4 Å². The number of carbonyl (C=O) groups excluding carboxylic acids is 2. The molecule has 0 amide bonds. The molecule has 0 bridgehead atoms. The van der Waals surface area contributed by atoms with E-state index in [2.05, 4.69) is 0 Å². The summed E-state index contributed by atoms with van der Waals surface area (Å²) in [4.78, 5) is 21.7. The number of Topliss-reactive ketones (excluding diaryl/α,β-unsaturated/α-hetero) is 2. The van der Waals surface area contributed by atoms with Crippen molar-refractivity contribution in [2.75, 3.05) is 0 Å². The second-order valence-electron chi connectivity index (χ2n) is 3.13. The topological polar surface area (TPSA) is 34.1 Å². The summed E-state index contributed by atoms with van der Waals surface area (Å²) in [5.74, 6) is 0.185. The molecule has 0 aliphatic heterocycles. The average Bonchev–Trinajstić information content (AvgIpc) is 2.04. The molecule has 1 rings (SSSR count). The molecule has 2 heteroatoms. The van der Waals surface area contributed by atoms with Gasteiger partial charge in [0, 0.05) is 12.0 Å². The van der Waals surface area contributed by atoms with Gasteiger partial charge in [0.2, 0.25) is 0 Å². The molecule has 2 nitrogen and oxygen atoms in total. The van der Waals surface area contributed by atoms with Crippen molar-refractivity contribution in [3.8, 4) is 0 Å². The Morgan fingerprint density at radius 2 is 1.62 bits per heavy atom. The van der Waals surface area contributed by atoms with Crippen LogP contribution in [0.15, 0.2) is 24.3 Å². The number of benzene rings is 1. The second kappa shape index (κ2) is 3.99. The first kappa shape index (κ1) is 9.65. The minimum absolute atomic E-state index is 0.0503. The second-order valence-corrected chi connectivity index (χ2v) is 3.13. The van der Waals surface area contributed by atoms with E-state index in [-0.39, 0.29) is 11.6 Å². The summed E-state index contributed by atoms with van der Waals surface area (Å²) in [5, 5.41) is 0. The van der Waals surface area contributed by atoms with E-state index in [4.69, 9.17) is 0 Å². The van der Waals surface area contributed by atoms with Crippen molar-refractivity contribution in [2.45, 2.75) is 20.3 Å². The molecular formula is C11H12O2. The van der Waals surface area contributed by atoms with E-state index in [0.29, 0.717) is 12.0 Å². The monoisotopic (exact) mass is 176 g/mol. The van der Waals surface area contributed by atoms with Gasteiger partial charge in [-0.1, -0.05) is 24.3 Å². The van der Waals surface area contributed by atoms with Crippen molar-refractivity contribution in [2.24, 2.45) is 0 Å². The van der Waals surface area contributed by atoms with Gasteiger partial charge in [0.25, 0.3) is 0 Å². The van der Waals surface area contributed by atoms with E-state index in [1.165, 1.54) is 6.92 Å². The molecule has 0 saturated carbocycles. The summed E-state index contributed by atoms with van der Waals surface area (Å²) in [6.07, 6.45) is 0.443. The molecule has 0 radical (unpaired) electrons. The molecule has 1 aromatic rings. The molecule has 0 heterocycles. The maximum atomic E-state index is 10.9. The number of carbonyl (C=O) groups is 2. The number of hydrogen-bond acceptors (Lipinski definition) is 2. The third kappa shape index (κ3) is 2.82. The van der Waals surface area contributed by atoms with Crippen molar-refractivity contribution in [1.29, 1.82) is 0 Å². The summed E-state index contributed by atoms with van der Waals surface area (Å²) >= 11 is 0. The zero-order valence-electron chi connectivity index (χ0n) is 7.83. The van der Waals surface area contributed by atoms with E-state index in [0.717, 1.165) is 5.56 Å². The van der Waals surface area contributed by atoms with Gasteiger partial charge in [0.05, 0.1) is 0 Å². The molecule has 0 fully saturated rings. The zero-order chi connectivity index (χ0) is 9.84. The Labute approximate surface area is 77.6 Å². The van der Waals surface area contributed by atoms with Crippen LogP contribution < -0.4 is 0 Å². The summed E-state index contributed by atoms with van der Waals surface area (Å²) in [7, 11) is 0. The number of ketones is 2. The fraction of sp³-hybridized carbons (Fsp3) is 0.273. The third-order valence-electron chi connectivity index (χ3n) is 1.81. The minimum atomic E-state index is 0.0503. The highest BCUT2D eigenvalue weighted by Crippen LogP contribution is 2.05. The zero-order valence-corrected chi connectivity index (χ0v) is 7.83. The minimum Gasteiger partial charge on any atom is -0.300 e. The van der Waals surface area contributed by atoms with Gasteiger partial charge in [-0.15, -0.1) is 0 Å². The Morgan fingerprint density at radius 1 is 1.08 bits per heavy atom. The lowest BCUT2D eigenvalue weighted by molar-refractivity contribution is -0.116. The first-order chi connectivity index (χ1) is 6.09. The normalized spacial score (nSPS) is 9.69. The lowest BCUT2D eigenvalue weighted by Crippen LogP contribution is -1.97. The molecule has 0 aromatic heterocycles. The van der Waals surface area contributed by atoms with Gasteiger partial charge in [-0.05, 0) is 19.4 Å². The molecule has 0 saturated heterocycles. The summed E-state index contributed by atoms with van der Waals surface area (Å²) in [6, 6.07) is 7.14. The lowest BCUT2D eigenvalue weighted by atomic mass is 10.1. The Hall–Kier alpha value is -1.44. The summed E-state index contributed by atoms with van der Waals surface area (Å²) in [6.45, 7) is 3.08. The van der Waals surface area contributed by atoms with Crippen LogP contribution in [0.2, 0.25) is 0 Å². The van der Waals surface area contributed by atoms with E-state index < -0.39 is 0 Å². The highest BCUT2D eigenvalue weighted by atomic mass is 16.1. The van der Waals surface area contributed by atoms with Crippen LogP contribution in [0, 0.1) is 0 Å². The number of hydrogen-bond donors (Lipinski definition) is 0. The maximum absolute atomic E-state index is 10.9. The van der Waals surface area contributed by atoms with Gasteiger partial charge >= 0.3 is 0 Å². The molecule has 0 unspecified atom stereocenters. The standard InChI is InChI=1S/C11H12O2/c1-8(12)7-10-3-5-11(6-4-10)9(2)13/h3-6H,7H2,1-2H3. The molecule has 0 N–H and O–H groups in total. The van der Waals surface area contributed by atoms with Crippen molar-refractivity contribution in [1.82, 2.24) is 0 Å². The molecule has 0 atom stereocenters. The van der Waals surface area contributed by atoms with Crippen LogP contribution >= 0.6 is 0 Å². The first-order valence-corrected chi connectivity index (χ1v) is 4.19. The van der Waals surface area contributed by atoms with Crippen LogP contribution in [0.4, 0.5) is 0 Å². The van der Waals surface area contributed by atoms with E-state index in [1.54, 1.807) is 19.1 Å². The fourth-order valence-corrected chi connectivity index (χ4v) is 1.14. The Balaban J connectivity index is 2.81. The molecule has 0 aliphatic carbocycles. The molecule has 13 heavy (non-hydrogen) atoms. The predicted molar refractivity (Wildman–Crippen MR) is 50.8 cm³/mol. The van der Waals surface area contributed by atoms with Crippen LogP contribution in [-0.2, 0) is 11.2 Å². The van der Waals surface area contributed by atoms with Gasteiger partial charge in [-0.2, -0.15) is 0 Å². The largest absolute Gasteiger partial charge is 0.300 e. The van der Waals surface area contributed by atoms with Gasteiger partial charge < -0.3 is 0 Å². The average molecular weight is 176 g/mol. The Bertz CT molecular complexity index is 322. The van der Waals surface area contributed by atoms with E-state index in [1.807, 2.05) is 12.1 Å². The van der Waals surface area contributed by atoms with Crippen LogP contribution in [-0.4, -0.2) is 11.6 Å². The molecular weight excluding hydrogens is 164 g/mol.